The highest BCUT2D eigenvalue weighted by molar-refractivity contribution is 5.94. The molecule has 0 aliphatic rings. The Morgan fingerprint density at radius 2 is 0.632 bits per heavy atom. The molecule has 0 fully saturated rings. The Morgan fingerprint density at radius 1 is 0.211 bits per heavy atom. The van der Waals surface area contributed by atoms with Crippen molar-refractivity contribution in [2.24, 2.45) is 0 Å². The molecule has 10 aromatic rings. The van der Waals surface area contributed by atoms with Crippen molar-refractivity contribution >= 4 is 38.6 Å². The highest BCUT2D eigenvalue weighted by Crippen LogP contribution is 2.44. The van der Waals surface area contributed by atoms with Crippen LogP contribution in [0.25, 0.3) is 77.2 Å². The van der Waals surface area contributed by atoms with E-state index in [0.717, 1.165) is 22.6 Å². The molecule has 0 unspecified atom stereocenters. The molecule has 1 nitrogen and oxygen atoms in total. The van der Waals surface area contributed by atoms with E-state index in [2.05, 4.69) is 241 Å². The molecule has 0 amide bonds. The number of benzene rings is 10. The van der Waals surface area contributed by atoms with Gasteiger partial charge in [-0.2, -0.15) is 0 Å². The van der Waals surface area contributed by atoms with Crippen LogP contribution in [0.3, 0.4) is 0 Å². The maximum Gasteiger partial charge on any atom is 0.0546 e. The van der Waals surface area contributed by atoms with Crippen molar-refractivity contribution in [1.29, 1.82) is 0 Å². The molecule has 0 spiro atoms. The fourth-order valence-electron chi connectivity index (χ4n) is 8.06. The standard InChI is InChI=1S/C56H39N/c1-3-13-40(14-4-1)49-23-12-24-54(38-49)57(53-32-29-43(30-33-53)47-21-11-22-48(35-47)50-27-25-41-15-7-9-19-45(41)36-50)56-39-52(31-34-55(56)44-17-5-2-6-18-44)51-28-26-42-16-8-10-20-46(42)37-51/h1-39H. The van der Waals surface area contributed by atoms with Gasteiger partial charge in [-0.05, 0) is 120 Å². The Morgan fingerprint density at radius 3 is 1.26 bits per heavy atom. The molecular formula is C56H39N. The number of nitrogens with zero attached hydrogens (tertiary/aromatic N) is 1. The fraction of sp³-hybridized carbons (Fsp3) is 0. The minimum absolute atomic E-state index is 1.09. The van der Waals surface area contributed by atoms with Crippen LogP contribution in [-0.2, 0) is 0 Å². The highest BCUT2D eigenvalue weighted by Gasteiger charge is 2.20. The zero-order chi connectivity index (χ0) is 38.0. The predicted octanol–water partition coefficient (Wildman–Crippen LogP) is 15.8. The summed E-state index contributed by atoms with van der Waals surface area (Å²) in [6.07, 6.45) is 0. The third kappa shape index (κ3) is 6.88. The first-order valence-corrected chi connectivity index (χ1v) is 19.6. The largest absolute Gasteiger partial charge is 0.310 e. The topological polar surface area (TPSA) is 3.24 Å². The number of anilines is 3. The number of hydrogen-bond donors (Lipinski definition) is 0. The lowest BCUT2D eigenvalue weighted by atomic mass is 9.95. The zero-order valence-electron chi connectivity index (χ0n) is 31.5. The molecule has 0 saturated heterocycles. The van der Waals surface area contributed by atoms with E-state index in [1.165, 1.54) is 71.6 Å². The molecule has 0 N–H and O–H groups in total. The van der Waals surface area contributed by atoms with E-state index in [9.17, 15) is 0 Å². The Kier molecular flexibility index (Phi) is 8.95. The van der Waals surface area contributed by atoms with Gasteiger partial charge < -0.3 is 4.90 Å². The fourth-order valence-corrected chi connectivity index (χ4v) is 8.06. The highest BCUT2D eigenvalue weighted by atomic mass is 15.1. The third-order valence-electron chi connectivity index (χ3n) is 11.0. The first-order chi connectivity index (χ1) is 28.2. The molecule has 0 atom stereocenters. The molecule has 1 heteroatoms. The van der Waals surface area contributed by atoms with Gasteiger partial charge in [0, 0.05) is 16.9 Å². The van der Waals surface area contributed by atoms with Gasteiger partial charge in [0.25, 0.3) is 0 Å². The summed E-state index contributed by atoms with van der Waals surface area (Å²) in [5.74, 6) is 0. The molecule has 0 aromatic heterocycles. The second-order valence-corrected chi connectivity index (χ2v) is 14.6. The quantitative estimate of drug-likeness (QED) is 0.151. The van der Waals surface area contributed by atoms with Crippen LogP contribution in [0.1, 0.15) is 0 Å². The van der Waals surface area contributed by atoms with Crippen LogP contribution >= 0.6 is 0 Å². The van der Waals surface area contributed by atoms with Gasteiger partial charge in [0.2, 0.25) is 0 Å². The lowest BCUT2D eigenvalue weighted by molar-refractivity contribution is 1.28. The summed E-state index contributed by atoms with van der Waals surface area (Å²) in [6, 6.07) is 85.8. The number of rotatable bonds is 8. The normalized spacial score (nSPS) is 11.2. The molecule has 0 radical (unpaired) electrons. The van der Waals surface area contributed by atoms with Crippen molar-refractivity contribution in [3.05, 3.63) is 237 Å². The van der Waals surface area contributed by atoms with Crippen LogP contribution in [0.2, 0.25) is 0 Å². The molecule has 0 heterocycles. The van der Waals surface area contributed by atoms with Gasteiger partial charge in [-0.1, -0.05) is 188 Å². The molecule has 10 rings (SSSR count). The molecule has 0 aliphatic carbocycles. The van der Waals surface area contributed by atoms with E-state index < -0.39 is 0 Å². The molecule has 268 valence electrons. The first-order valence-electron chi connectivity index (χ1n) is 19.6. The van der Waals surface area contributed by atoms with E-state index in [0.29, 0.717) is 0 Å². The maximum atomic E-state index is 2.43. The lowest BCUT2D eigenvalue weighted by Gasteiger charge is -2.29. The van der Waals surface area contributed by atoms with E-state index in [4.69, 9.17) is 0 Å². The summed E-state index contributed by atoms with van der Waals surface area (Å²) in [5.41, 5.74) is 15.1. The van der Waals surface area contributed by atoms with E-state index in [-0.39, 0.29) is 0 Å². The van der Waals surface area contributed by atoms with E-state index >= 15 is 0 Å². The molecule has 10 aromatic carbocycles. The van der Waals surface area contributed by atoms with Gasteiger partial charge in [0.05, 0.1) is 5.69 Å². The van der Waals surface area contributed by atoms with Crippen LogP contribution in [0.4, 0.5) is 17.1 Å². The van der Waals surface area contributed by atoms with Crippen molar-refractivity contribution in [3.8, 4) is 55.6 Å². The summed E-state index contributed by atoms with van der Waals surface area (Å²) < 4.78 is 0. The van der Waals surface area contributed by atoms with Crippen LogP contribution in [0.5, 0.6) is 0 Å². The van der Waals surface area contributed by atoms with Crippen LogP contribution in [0.15, 0.2) is 237 Å². The summed E-state index contributed by atoms with van der Waals surface area (Å²) in [5, 5.41) is 4.98. The Hall–Kier alpha value is -7.48. The predicted molar refractivity (Wildman–Crippen MR) is 243 cm³/mol. The smallest absolute Gasteiger partial charge is 0.0546 e. The van der Waals surface area contributed by atoms with Crippen molar-refractivity contribution < 1.29 is 0 Å². The van der Waals surface area contributed by atoms with E-state index in [1.54, 1.807) is 0 Å². The van der Waals surface area contributed by atoms with Crippen LogP contribution < -0.4 is 4.90 Å². The average Bonchev–Trinajstić information content (AvgIpc) is 3.30. The summed E-state index contributed by atoms with van der Waals surface area (Å²) in [4.78, 5) is 2.43. The van der Waals surface area contributed by atoms with Crippen molar-refractivity contribution in [3.63, 3.8) is 0 Å². The van der Waals surface area contributed by atoms with Crippen LogP contribution in [-0.4, -0.2) is 0 Å². The number of fused-ring (bicyclic) bond motifs is 2. The number of hydrogen-bond acceptors (Lipinski definition) is 1. The lowest BCUT2D eigenvalue weighted by Crippen LogP contribution is -2.11. The third-order valence-corrected chi connectivity index (χ3v) is 11.0. The van der Waals surface area contributed by atoms with Gasteiger partial charge in [0.15, 0.2) is 0 Å². The summed E-state index contributed by atoms with van der Waals surface area (Å²) >= 11 is 0. The van der Waals surface area contributed by atoms with Crippen molar-refractivity contribution in [2.45, 2.75) is 0 Å². The molecule has 0 saturated carbocycles. The second-order valence-electron chi connectivity index (χ2n) is 14.6. The monoisotopic (exact) mass is 725 g/mol. The van der Waals surface area contributed by atoms with Gasteiger partial charge in [0.1, 0.15) is 0 Å². The van der Waals surface area contributed by atoms with Gasteiger partial charge in [-0.25, -0.2) is 0 Å². The molecule has 0 aliphatic heterocycles. The molecule has 57 heavy (non-hydrogen) atoms. The van der Waals surface area contributed by atoms with E-state index in [1.807, 2.05) is 0 Å². The van der Waals surface area contributed by atoms with Gasteiger partial charge >= 0.3 is 0 Å². The van der Waals surface area contributed by atoms with Crippen molar-refractivity contribution in [2.75, 3.05) is 4.90 Å². The zero-order valence-corrected chi connectivity index (χ0v) is 31.5. The Bertz CT molecular complexity index is 3000. The summed E-state index contributed by atoms with van der Waals surface area (Å²) in [7, 11) is 0. The minimum atomic E-state index is 1.09. The Balaban J connectivity index is 1.11. The molecular weight excluding hydrogens is 687 g/mol. The Labute approximate surface area is 334 Å². The van der Waals surface area contributed by atoms with Gasteiger partial charge in [-0.15, -0.1) is 0 Å². The molecule has 0 bridgehead atoms. The van der Waals surface area contributed by atoms with Crippen LogP contribution in [0, 0.1) is 0 Å². The van der Waals surface area contributed by atoms with Gasteiger partial charge in [-0.3, -0.25) is 0 Å². The SMILES string of the molecule is c1ccc(-c2cccc(N(c3ccc(-c4cccc(-c5ccc6ccccc6c5)c4)cc3)c3cc(-c4ccc5ccccc5c4)ccc3-c3ccccc3)c2)cc1. The minimum Gasteiger partial charge on any atom is -0.310 e. The maximum absolute atomic E-state index is 2.43. The summed E-state index contributed by atoms with van der Waals surface area (Å²) in [6.45, 7) is 0. The average molecular weight is 726 g/mol. The van der Waals surface area contributed by atoms with Crippen molar-refractivity contribution in [1.82, 2.24) is 0 Å². The first kappa shape index (κ1) is 34.0. The second kappa shape index (κ2) is 15.0.